The van der Waals surface area contributed by atoms with Crippen LogP contribution >= 0.6 is 46.9 Å². The number of hydrogen-bond acceptors (Lipinski definition) is 13. The van der Waals surface area contributed by atoms with Gasteiger partial charge in [0.15, 0.2) is 0 Å². The van der Waals surface area contributed by atoms with Crippen LogP contribution in [0.1, 0.15) is 52.0 Å². The van der Waals surface area contributed by atoms with E-state index in [-0.39, 0.29) is 52.0 Å². The van der Waals surface area contributed by atoms with E-state index in [0.717, 1.165) is 21.3 Å². The van der Waals surface area contributed by atoms with Crippen LogP contribution in [-0.4, -0.2) is 77.6 Å². The van der Waals surface area contributed by atoms with E-state index in [1.54, 1.807) is 0 Å². The average molecular weight is 720 g/mol. The fourth-order valence-electron chi connectivity index (χ4n) is 0.481. The molecule has 3 atom stereocenters. The van der Waals surface area contributed by atoms with Crippen LogP contribution < -0.4 is 0 Å². The van der Waals surface area contributed by atoms with Crippen molar-refractivity contribution in [3.63, 3.8) is 0 Å². The Morgan fingerprint density at radius 1 is 0.359 bits per heavy atom. The Bertz CT molecular complexity index is 798. The zero-order chi connectivity index (χ0) is 27.2. The topological polar surface area (TPSA) is 360 Å². The molecule has 22 nitrogen and oxygen atoms in total. The molecule has 0 aliphatic carbocycles. The standard InChI is InChI=1S/CH7O10P3.CH6O7P2.CH5O4P.CH4O.7CH4/c1-9-13(5,6)11-14(7,8)10-12(2,3)4;1-7-10(5,6)8-9(2,3)4;1-5-6(2,3)4;1-2;;;;;;;/h1H3,(H,5,6)(H,7,8)(H2,2,3,4);1H3,(H,5,6)(H2,2,3,4);1H3,(H2,2,3,4);2H,1H3;7*1H4. The maximum Gasteiger partial charge on any atom is 0.490 e. The molecule has 256 valence electrons. The highest BCUT2D eigenvalue weighted by molar-refractivity contribution is 7.66. The largest absolute Gasteiger partial charge is 0.490 e. The minimum atomic E-state index is -5.35. The van der Waals surface area contributed by atoms with Crippen molar-refractivity contribution < 1.29 is 103 Å². The summed E-state index contributed by atoms with van der Waals surface area (Å²) in [4.78, 5) is 72.8. The third kappa shape index (κ3) is 68.0. The minimum absolute atomic E-state index is 0. The molecule has 0 aliphatic rings. The van der Waals surface area contributed by atoms with Crippen LogP contribution in [0.2, 0.25) is 0 Å². The van der Waals surface area contributed by atoms with Crippen LogP contribution in [0.4, 0.5) is 0 Å². The van der Waals surface area contributed by atoms with Gasteiger partial charge in [0.05, 0.1) is 0 Å². The van der Waals surface area contributed by atoms with Gasteiger partial charge in [-0.05, 0) is 0 Å². The average Bonchev–Trinajstić information content (AvgIpc) is 2.52. The first-order chi connectivity index (χ1) is 13.8. The summed E-state index contributed by atoms with van der Waals surface area (Å²) < 4.78 is 81.8. The fourth-order valence-corrected chi connectivity index (χ4v) is 4.60. The number of hydrogen-bond donors (Lipinski definition) is 10. The molecule has 0 heterocycles. The summed E-state index contributed by atoms with van der Waals surface area (Å²) in [7, 11) is -25.8. The van der Waals surface area contributed by atoms with Crippen LogP contribution in [0.5, 0.6) is 0 Å². The van der Waals surface area contributed by atoms with Crippen molar-refractivity contribution in [3.8, 4) is 0 Å². The van der Waals surface area contributed by atoms with E-state index in [4.69, 9.17) is 49.1 Å². The predicted molar refractivity (Wildman–Crippen MR) is 145 cm³/mol. The van der Waals surface area contributed by atoms with Gasteiger partial charge in [0.25, 0.3) is 0 Å². The van der Waals surface area contributed by atoms with Crippen molar-refractivity contribution in [3.05, 3.63) is 0 Å². The van der Waals surface area contributed by atoms with Crippen LogP contribution in [0, 0.1) is 0 Å². The molecule has 3 unspecified atom stereocenters. The molecule has 39 heavy (non-hydrogen) atoms. The molecule has 0 fully saturated rings. The van der Waals surface area contributed by atoms with E-state index >= 15 is 0 Å². The third-order valence-electron chi connectivity index (χ3n) is 1.32. The highest BCUT2D eigenvalue weighted by Crippen LogP contribution is 2.66. The van der Waals surface area contributed by atoms with Gasteiger partial charge >= 0.3 is 46.9 Å². The van der Waals surface area contributed by atoms with Crippen LogP contribution in [0.3, 0.4) is 0 Å². The zero-order valence-electron chi connectivity index (χ0n) is 16.1. The maximum atomic E-state index is 10.6. The van der Waals surface area contributed by atoms with Crippen molar-refractivity contribution >= 4 is 46.9 Å². The van der Waals surface area contributed by atoms with E-state index < -0.39 is 46.9 Å². The molecule has 0 aromatic heterocycles. The predicted octanol–water partition coefficient (Wildman–Crippen LogP) is 3.59. The van der Waals surface area contributed by atoms with Gasteiger partial charge in [-0.25, -0.2) is 27.4 Å². The van der Waals surface area contributed by atoms with Crippen molar-refractivity contribution in [2.45, 2.75) is 52.0 Å². The lowest BCUT2D eigenvalue weighted by Gasteiger charge is -2.14. The molecule has 0 aromatic rings. The van der Waals surface area contributed by atoms with Crippen molar-refractivity contribution in [1.82, 2.24) is 0 Å². The molecule has 0 rings (SSSR count). The molecule has 10 N–H and O–H groups in total. The monoisotopic (exact) mass is 720 g/mol. The summed E-state index contributed by atoms with van der Waals surface area (Å²) in [6.07, 6.45) is 0. The minimum Gasteiger partial charge on any atom is -0.400 e. The molecule has 0 aromatic carbocycles. The normalized spacial score (nSPS) is 14.3. The lowest BCUT2D eigenvalue weighted by atomic mass is 11.8. The lowest BCUT2D eigenvalue weighted by molar-refractivity contribution is 0.189. The van der Waals surface area contributed by atoms with Crippen molar-refractivity contribution in [1.29, 1.82) is 0 Å². The zero-order valence-corrected chi connectivity index (χ0v) is 21.4. The van der Waals surface area contributed by atoms with Crippen molar-refractivity contribution in [2.75, 3.05) is 28.4 Å². The smallest absolute Gasteiger partial charge is 0.400 e. The molecule has 0 bridgehead atoms. The SMILES string of the molecule is C.C.C.C.C.C.C.CO.COP(=O)(O)O.COP(=O)(O)OP(=O)(O)O.COP(=O)(O)OP(=O)(O)OP(=O)(O)O. The first-order valence-electron chi connectivity index (χ1n) is 6.21. The Hall–Kier alpha value is 0.740. The van der Waals surface area contributed by atoms with Crippen molar-refractivity contribution in [2.24, 2.45) is 0 Å². The molecule has 0 saturated heterocycles. The van der Waals surface area contributed by atoms with Crippen LogP contribution in [-0.2, 0) is 53.9 Å². The van der Waals surface area contributed by atoms with E-state index in [2.05, 4.69) is 26.5 Å². The van der Waals surface area contributed by atoms with Gasteiger partial charge in [0.1, 0.15) is 0 Å². The quantitative estimate of drug-likeness (QED) is 0.152. The molecule has 0 saturated carbocycles. The summed E-state index contributed by atoms with van der Waals surface area (Å²) in [6, 6.07) is 0. The van der Waals surface area contributed by atoms with E-state index in [1.807, 2.05) is 0 Å². The van der Waals surface area contributed by atoms with Gasteiger partial charge in [0, 0.05) is 28.4 Å². The molecular weight excluding hydrogens is 670 g/mol. The molecule has 0 radical (unpaired) electrons. The Labute approximate surface area is 230 Å². The summed E-state index contributed by atoms with van der Waals surface area (Å²) in [6.45, 7) is 0. The van der Waals surface area contributed by atoms with Gasteiger partial charge < -0.3 is 49.1 Å². The second kappa shape index (κ2) is 30.2. The Balaban J connectivity index is -0.0000000314. The number of phosphoric ester groups is 3. The highest BCUT2D eigenvalue weighted by atomic mass is 31.3. The maximum absolute atomic E-state index is 10.6. The molecule has 28 heteroatoms. The fraction of sp³-hybridized carbons (Fsp3) is 1.00. The Morgan fingerprint density at radius 2 is 0.538 bits per heavy atom. The molecule has 0 aliphatic heterocycles. The molecular formula is C11H50O22P6. The summed E-state index contributed by atoms with van der Waals surface area (Å²) >= 11 is 0. The van der Waals surface area contributed by atoms with Gasteiger partial charge in [-0.15, -0.1) is 0 Å². The van der Waals surface area contributed by atoms with Gasteiger partial charge in [-0.3, -0.25) is 13.6 Å². The van der Waals surface area contributed by atoms with E-state index in [1.165, 1.54) is 0 Å². The second-order valence-electron chi connectivity index (χ2n) is 3.67. The highest BCUT2D eigenvalue weighted by Gasteiger charge is 2.39. The van der Waals surface area contributed by atoms with Crippen LogP contribution in [0.15, 0.2) is 0 Å². The lowest BCUT2D eigenvalue weighted by Crippen LogP contribution is -1.93. The van der Waals surface area contributed by atoms with Gasteiger partial charge in [-0.2, -0.15) is 12.9 Å². The van der Waals surface area contributed by atoms with Gasteiger partial charge in [0.2, 0.25) is 0 Å². The number of aliphatic hydroxyl groups excluding tert-OH is 1. The van der Waals surface area contributed by atoms with E-state index in [0.29, 0.717) is 7.11 Å². The summed E-state index contributed by atoms with van der Waals surface area (Å²) in [5.41, 5.74) is 0. The molecule has 0 spiro atoms. The Kier molecular flexibility index (Phi) is 55.9. The van der Waals surface area contributed by atoms with Crippen LogP contribution in [0.25, 0.3) is 0 Å². The molecule has 0 amide bonds. The van der Waals surface area contributed by atoms with E-state index in [9.17, 15) is 27.4 Å². The first-order valence-corrected chi connectivity index (χ1v) is 15.3. The first kappa shape index (κ1) is 72.2. The number of aliphatic hydroxyl groups is 1. The number of phosphoric acid groups is 6. The summed E-state index contributed by atoms with van der Waals surface area (Å²) in [5, 5.41) is 7.00. The second-order valence-corrected chi connectivity index (χ2v) is 12.5. The Morgan fingerprint density at radius 3 is 0.667 bits per heavy atom. The summed E-state index contributed by atoms with van der Waals surface area (Å²) in [5.74, 6) is 0. The number of rotatable bonds is 9. The van der Waals surface area contributed by atoms with Gasteiger partial charge in [-0.1, -0.05) is 52.0 Å². The third-order valence-corrected chi connectivity index (χ3v) is 7.73.